The standard InChI is InChI=1S/2C3H6/c1-2-3-1;1-3-2/h1-3H2;3H,1H2,2H3. The summed E-state index contributed by atoms with van der Waals surface area (Å²) in [6, 6.07) is 0. The summed E-state index contributed by atoms with van der Waals surface area (Å²) in [5.41, 5.74) is 0. The summed E-state index contributed by atoms with van der Waals surface area (Å²) in [4.78, 5) is 0. The molecule has 0 aromatic rings. The molecule has 36 valence electrons. The van der Waals surface area contributed by atoms with Crippen molar-refractivity contribution in [3.05, 3.63) is 12.7 Å². The lowest BCUT2D eigenvalue weighted by Gasteiger charge is -1.31. The van der Waals surface area contributed by atoms with Crippen molar-refractivity contribution in [2.45, 2.75) is 26.2 Å². The van der Waals surface area contributed by atoms with Gasteiger partial charge >= 0.3 is 0 Å². The van der Waals surface area contributed by atoms with E-state index in [4.69, 9.17) is 0 Å². The van der Waals surface area contributed by atoms with Crippen LogP contribution in [0.5, 0.6) is 0 Å². The highest BCUT2D eigenvalue weighted by molar-refractivity contribution is 4.51. The van der Waals surface area contributed by atoms with Gasteiger partial charge in [0.1, 0.15) is 0 Å². The molecule has 0 bridgehead atoms. The van der Waals surface area contributed by atoms with Crippen molar-refractivity contribution in [3.63, 3.8) is 0 Å². The maximum atomic E-state index is 3.36. The van der Waals surface area contributed by atoms with E-state index in [1.807, 2.05) is 6.92 Å². The first-order valence-corrected chi connectivity index (χ1v) is 2.49. The average molecular weight is 84.2 g/mol. The Kier molecular flexibility index (Phi) is 4.53. The van der Waals surface area contributed by atoms with Gasteiger partial charge in [-0.3, -0.25) is 0 Å². The summed E-state index contributed by atoms with van der Waals surface area (Å²) >= 11 is 0. The lowest BCUT2D eigenvalue weighted by Crippen LogP contribution is -1.07. The van der Waals surface area contributed by atoms with Crippen LogP contribution in [0.25, 0.3) is 0 Å². The van der Waals surface area contributed by atoms with E-state index in [0.29, 0.717) is 0 Å². The third-order valence-electron chi connectivity index (χ3n) is 0.354. The Morgan fingerprint density at radius 1 is 1.33 bits per heavy atom. The first kappa shape index (κ1) is 5.74. The monoisotopic (exact) mass is 84.1 g/mol. The zero-order valence-electron chi connectivity index (χ0n) is 4.41. The zero-order valence-corrected chi connectivity index (χ0v) is 4.41. The molecule has 0 unspecified atom stereocenters. The van der Waals surface area contributed by atoms with E-state index in [9.17, 15) is 0 Å². The highest BCUT2D eigenvalue weighted by atomic mass is 14.0. The third kappa shape index (κ3) is 51.3. The van der Waals surface area contributed by atoms with Gasteiger partial charge in [0.15, 0.2) is 0 Å². The highest BCUT2D eigenvalue weighted by Crippen LogP contribution is 2.14. The molecule has 1 rings (SSSR count). The fraction of sp³-hybridized carbons (Fsp3) is 0.667. The quantitative estimate of drug-likeness (QED) is 0.395. The fourth-order valence-electron chi connectivity index (χ4n) is 0. The van der Waals surface area contributed by atoms with Crippen molar-refractivity contribution in [3.8, 4) is 0 Å². The van der Waals surface area contributed by atoms with Crippen LogP contribution in [0.1, 0.15) is 26.2 Å². The predicted molar refractivity (Wildman–Crippen MR) is 29.7 cm³/mol. The Morgan fingerprint density at radius 2 is 1.50 bits per heavy atom. The predicted octanol–water partition coefficient (Wildman–Crippen LogP) is 2.36. The maximum Gasteiger partial charge on any atom is -0.0473 e. The molecule has 0 amide bonds. The van der Waals surface area contributed by atoms with Crippen LogP contribution in [0.4, 0.5) is 0 Å². The second-order valence-electron chi connectivity index (χ2n) is 1.47. The molecule has 1 aliphatic rings. The molecule has 1 fully saturated rings. The summed E-state index contributed by atoms with van der Waals surface area (Å²) in [6.07, 6.45) is 6.25. The smallest absolute Gasteiger partial charge is 0.0473 e. The average Bonchev–Trinajstić information content (AvgIpc) is 2.11. The Labute approximate surface area is 39.9 Å². The number of rotatable bonds is 0. The summed E-state index contributed by atoms with van der Waals surface area (Å²) in [5, 5.41) is 0. The van der Waals surface area contributed by atoms with E-state index < -0.39 is 0 Å². The maximum absolute atomic E-state index is 3.36. The Hall–Kier alpha value is -0.260. The highest BCUT2D eigenvalue weighted by Gasteiger charge is 1.95. The summed E-state index contributed by atoms with van der Waals surface area (Å²) in [5.74, 6) is 0. The molecular formula is C6H12. The van der Waals surface area contributed by atoms with E-state index in [1.165, 1.54) is 19.3 Å². The van der Waals surface area contributed by atoms with Crippen molar-refractivity contribution in [1.82, 2.24) is 0 Å². The minimum Gasteiger partial charge on any atom is -0.103 e. The first-order valence-electron chi connectivity index (χ1n) is 2.49. The molecule has 0 nitrogen and oxygen atoms in total. The van der Waals surface area contributed by atoms with Crippen molar-refractivity contribution >= 4 is 0 Å². The van der Waals surface area contributed by atoms with Crippen LogP contribution in [0, 0.1) is 0 Å². The van der Waals surface area contributed by atoms with E-state index >= 15 is 0 Å². The second-order valence-corrected chi connectivity index (χ2v) is 1.47. The van der Waals surface area contributed by atoms with Crippen LogP contribution in [0.2, 0.25) is 0 Å². The van der Waals surface area contributed by atoms with Crippen LogP contribution in [-0.4, -0.2) is 0 Å². The van der Waals surface area contributed by atoms with Crippen LogP contribution < -0.4 is 0 Å². The van der Waals surface area contributed by atoms with Gasteiger partial charge in [-0.2, -0.15) is 0 Å². The first-order chi connectivity index (χ1) is 2.91. The molecule has 0 aliphatic heterocycles. The normalized spacial score (nSPS) is 14.2. The fourth-order valence-corrected chi connectivity index (χ4v) is 0. The van der Waals surface area contributed by atoms with Crippen molar-refractivity contribution in [1.29, 1.82) is 0 Å². The minimum absolute atomic E-state index is 1.50. The van der Waals surface area contributed by atoms with Gasteiger partial charge in [-0.25, -0.2) is 0 Å². The van der Waals surface area contributed by atoms with E-state index in [0.717, 1.165) is 0 Å². The molecule has 0 atom stereocenters. The molecule has 0 heterocycles. The van der Waals surface area contributed by atoms with E-state index in [2.05, 4.69) is 6.58 Å². The summed E-state index contributed by atoms with van der Waals surface area (Å²) in [6.45, 7) is 5.25. The van der Waals surface area contributed by atoms with Gasteiger partial charge in [0.25, 0.3) is 0 Å². The lowest BCUT2D eigenvalue weighted by molar-refractivity contribution is 1.50. The zero-order chi connectivity index (χ0) is 4.83. The van der Waals surface area contributed by atoms with Gasteiger partial charge in [0, 0.05) is 0 Å². The van der Waals surface area contributed by atoms with Gasteiger partial charge in [-0.1, -0.05) is 25.3 Å². The van der Waals surface area contributed by atoms with Gasteiger partial charge in [-0.15, -0.1) is 6.58 Å². The Balaban J connectivity index is 0.0000000833. The molecule has 0 radical (unpaired) electrons. The number of hydrogen-bond donors (Lipinski definition) is 0. The van der Waals surface area contributed by atoms with Gasteiger partial charge in [0.05, 0.1) is 0 Å². The molecule has 0 saturated heterocycles. The van der Waals surface area contributed by atoms with Crippen LogP contribution in [0.15, 0.2) is 12.7 Å². The van der Waals surface area contributed by atoms with E-state index in [1.54, 1.807) is 6.08 Å². The van der Waals surface area contributed by atoms with Crippen LogP contribution in [0.3, 0.4) is 0 Å². The Bertz CT molecular complexity index is 24.3. The number of allylic oxidation sites excluding steroid dienone is 1. The molecule has 1 saturated carbocycles. The van der Waals surface area contributed by atoms with Gasteiger partial charge in [0.2, 0.25) is 0 Å². The van der Waals surface area contributed by atoms with Gasteiger partial charge < -0.3 is 0 Å². The molecule has 0 aromatic heterocycles. The van der Waals surface area contributed by atoms with Crippen molar-refractivity contribution in [2.75, 3.05) is 0 Å². The molecule has 0 spiro atoms. The summed E-state index contributed by atoms with van der Waals surface area (Å²) in [7, 11) is 0. The third-order valence-corrected chi connectivity index (χ3v) is 0.354. The molecule has 0 heteroatoms. The topological polar surface area (TPSA) is 0 Å². The molecule has 6 heavy (non-hydrogen) atoms. The SMILES string of the molecule is C1CC1.C=CC. The van der Waals surface area contributed by atoms with Gasteiger partial charge in [-0.05, 0) is 6.92 Å². The van der Waals surface area contributed by atoms with E-state index in [-0.39, 0.29) is 0 Å². The van der Waals surface area contributed by atoms with Crippen molar-refractivity contribution < 1.29 is 0 Å². The van der Waals surface area contributed by atoms with Crippen LogP contribution in [-0.2, 0) is 0 Å². The molecule has 0 N–H and O–H groups in total. The van der Waals surface area contributed by atoms with Crippen LogP contribution >= 0.6 is 0 Å². The molecule has 0 aromatic carbocycles. The lowest BCUT2D eigenvalue weighted by atomic mass is 10.8. The summed E-state index contributed by atoms with van der Waals surface area (Å²) < 4.78 is 0. The minimum atomic E-state index is 1.50. The Morgan fingerprint density at radius 3 is 1.50 bits per heavy atom. The number of hydrogen-bond acceptors (Lipinski definition) is 0. The molecule has 1 aliphatic carbocycles. The van der Waals surface area contributed by atoms with Crippen molar-refractivity contribution in [2.24, 2.45) is 0 Å². The largest absolute Gasteiger partial charge is 0.103 e. The second kappa shape index (κ2) is 4.74. The molecular weight excluding hydrogens is 72.1 g/mol.